The van der Waals surface area contributed by atoms with Crippen molar-refractivity contribution in [1.82, 2.24) is 5.32 Å². The molecule has 0 spiro atoms. The van der Waals surface area contributed by atoms with Crippen molar-refractivity contribution < 1.29 is 49.1 Å². The largest absolute Gasteiger partial charge is 0.394 e. The van der Waals surface area contributed by atoms with Crippen molar-refractivity contribution >= 4 is 16.7 Å². The number of carbonyl (C=O) groups is 1. The molecule has 220 valence electrons. The fourth-order valence-electron chi connectivity index (χ4n) is 4.12. The van der Waals surface area contributed by atoms with Gasteiger partial charge >= 0.3 is 0 Å². The standard InChI is InChI=1S/C25H49NO10S/c1-2-3-4-5-6-7-8-9-10-11-13-37(34)14-12-20(30)26-25(16-28,17-29)18-35-24-23(33)22(32)21(31)19(15-27)36-24/h19,21-24,27-29,31-33H,2-18H2,1H3,(H,26,30). The van der Waals surface area contributed by atoms with Crippen LogP contribution in [0.15, 0.2) is 0 Å². The number of rotatable bonds is 21. The highest BCUT2D eigenvalue weighted by molar-refractivity contribution is 7.84. The van der Waals surface area contributed by atoms with Crippen molar-refractivity contribution in [3.63, 3.8) is 0 Å². The minimum absolute atomic E-state index is 0.0633. The summed E-state index contributed by atoms with van der Waals surface area (Å²) in [6, 6.07) is 0. The summed E-state index contributed by atoms with van der Waals surface area (Å²) in [6.45, 7) is -0.318. The quantitative estimate of drug-likeness (QED) is 0.0927. The normalized spacial score (nSPS) is 25.2. The number of nitrogens with one attached hydrogen (secondary N) is 1. The number of amides is 1. The first-order chi connectivity index (χ1) is 17.7. The second-order valence-corrected chi connectivity index (χ2v) is 11.6. The van der Waals surface area contributed by atoms with Crippen molar-refractivity contribution in [2.45, 2.75) is 114 Å². The van der Waals surface area contributed by atoms with Gasteiger partial charge in [-0.05, 0) is 6.42 Å². The Bertz CT molecular complexity index is 635. The Kier molecular flexibility index (Phi) is 18.0. The molecule has 6 atom stereocenters. The SMILES string of the molecule is CCCCCCCCCCCCS(=O)CCC(=O)NC(CO)(CO)COC1OC(CO)C(O)C(O)C1O. The molecule has 0 aromatic heterocycles. The zero-order chi connectivity index (χ0) is 27.7. The summed E-state index contributed by atoms with van der Waals surface area (Å²) in [6.07, 6.45) is 4.28. The van der Waals surface area contributed by atoms with E-state index >= 15 is 0 Å². The van der Waals surface area contributed by atoms with Gasteiger partial charge in [0.05, 0.1) is 26.4 Å². The summed E-state index contributed by atoms with van der Waals surface area (Å²) >= 11 is 0. The molecule has 1 saturated heterocycles. The van der Waals surface area contributed by atoms with Crippen LogP contribution in [0, 0.1) is 0 Å². The van der Waals surface area contributed by atoms with Gasteiger partial charge in [-0.25, -0.2) is 0 Å². The fraction of sp³-hybridized carbons (Fsp3) is 0.960. The van der Waals surface area contributed by atoms with Crippen molar-refractivity contribution in [3.8, 4) is 0 Å². The number of unbranched alkanes of at least 4 members (excludes halogenated alkanes) is 9. The molecule has 0 radical (unpaired) electrons. The van der Waals surface area contributed by atoms with Crippen LogP contribution in [-0.4, -0.2) is 115 Å². The third-order valence-electron chi connectivity index (χ3n) is 6.66. The molecular formula is C25H49NO10S. The van der Waals surface area contributed by atoms with Gasteiger partial charge in [-0.1, -0.05) is 64.7 Å². The highest BCUT2D eigenvalue weighted by Gasteiger charge is 2.45. The van der Waals surface area contributed by atoms with Gasteiger partial charge in [-0.2, -0.15) is 0 Å². The average Bonchev–Trinajstić information content (AvgIpc) is 2.90. The van der Waals surface area contributed by atoms with E-state index in [0.29, 0.717) is 5.75 Å². The van der Waals surface area contributed by atoms with Crippen LogP contribution in [0.4, 0.5) is 0 Å². The van der Waals surface area contributed by atoms with Gasteiger partial charge in [0.15, 0.2) is 6.29 Å². The minimum Gasteiger partial charge on any atom is -0.394 e. The smallest absolute Gasteiger partial charge is 0.221 e. The lowest BCUT2D eigenvalue weighted by atomic mass is 9.99. The van der Waals surface area contributed by atoms with Gasteiger partial charge < -0.3 is 45.4 Å². The molecule has 12 heteroatoms. The van der Waals surface area contributed by atoms with Gasteiger partial charge in [-0.15, -0.1) is 0 Å². The minimum atomic E-state index is -1.66. The number of carbonyl (C=O) groups excluding carboxylic acids is 1. The molecule has 7 N–H and O–H groups in total. The maximum Gasteiger partial charge on any atom is 0.221 e. The third kappa shape index (κ3) is 12.8. The van der Waals surface area contributed by atoms with E-state index in [4.69, 9.17) is 9.47 Å². The summed E-state index contributed by atoms with van der Waals surface area (Å²) in [7, 11) is -1.16. The number of ether oxygens (including phenoxy) is 2. The molecule has 0 bridgehead atoms. The molecule has 0 aliphatic carbocycles. The summed E-state index contributed by atoms with van der Waals surface area (Å²) in [5, 5.41) is 61.1. The first-order valence-corrected chi connectivity index (χ1v) is 15.0. The van der Waals surface area contributed by atoms with Crippen molar-refractivity contribution in [3.05, 3.63) is 0 Å². The fourth-order valence-corrected chi connectivity index (χ4v) is 5.26. The maximum atomic E-state index is 12.4. The molecule has 1 aliphatic heterocycles. The van der Waals surface area contributed by atoms with E-state index in [0.717, 1.165) is 19.3 Å². The first-order valence-electron chi connectivity index (χ1n) is 13.5. The van der Waals surface area contributed by atoms with Crippen LogP contribution in [0.2, 0.25) is 0 Å². The molecule has 6 unspecified atom stereocenters. The third-order valence-corrected chi connectivity index (χ3v) is 8.07. The van der Waals surface area contributed by atoms with E-state index < -0.39 is 79.4 Å². The van der Waals surface area contributed by atoms with E-state index in [9.17, 15) is 39.6 Å². The van der Waals surface area contributed by atoms with E-state index in [-0.39, 0.29) is 12.2 Å². The molecule has 1 heterocycles. The Morgan fingerprint density at radius 3 is 1.97 bits per heavy atom. The molecule has 1 aliphatic rings. The number of aliphatic hydroxyl groups is 6. The van der Waals surface area contributed by atoms with Crippen LogP contribution in [0.25, 0.3) is 0 Å². The van der Waals surface area contributed by atoms with Crippen LogP contribution in [-0.2, 0) is 25.1 Å². The topological polar surface area (TPSA) is 186 Å². The molecule has 0 saturated carbocycles. The van der Waals surface area contributed by atoms with E-state index in [1.807, 2.05) is 0 Å². The van der Waals surface area contributed by atoms with Crippen LogP contribution < -0.4 is 5.32 Å². The number of hydrogen-bond donors (Lipinski definition) is 7. The second kappa shape index (κ2) is 19.4. The van der Waals surface area contributed by atoms with Crippen LogP contribution in [0.5, 0.6) is 0 Å². The van der Waals surface area contributed by atoms with Crippen molar-refractivity contribution in [1.29, 1.82) is 0 Å². The molecule has 1 fully saturated rings. The van der Waals surface area contributed by atoms with Crippen molar-refractivity contribution in [2.75, 3.05) is 37.9 Å². The molecule has 37 heavy (non-hydrogen) atoms. The summed E-state index contributed by atoms with van der Waals surface area (Å²) in [5.74, 6) is 0.149. The Hall–Kier alpha value is -0.700. The Morgan fingerprint density at radius 1 is 0.865 bits per heavy atom. The van der Waals surface area contributed by atoms with Crippen LogP contribution in [0.1, 0.15) is 77.6 Å². The van der Waals surface area contributed by atoms with Crippen LogP contribution in [0.3, 0.4) is 0 Å². The Balaban J connectivity index is 2.33. The molecule has 1 rings (SSSR count). The summed E-state index contributed by atoms with van der Waals surface area (Å²) < 4.78 is 22.9. The molecule has 1 amide bonds. The first kappa shape index (κ1) is 34.3. The highest BCUT2D eigenvalue weighted by Crippen LogP contribution is 2.23. The van der Waals surface area contributed by atoms with Crippen LogP contribution >= 0.6 is 0 Å². The van der Waals surface area contributed by atoms with Gasteiger partial charge in [-0.3, -0.25) is 9.00 Å². The maximum absolute atomic E-state index is 12.4. The van der Waals surface area contributed by atoms with Gasteiger partial charge in [0.25, 0.3) is 0 Å². The molecule has 0 aromatic carbocycles. The van der Waals surface area contributed by atoms with Gasteiger partial charge in [0, 0.05) is 28.7 Å². The highest BCUT2D eigenvalue weighted by atomic mass is 32.2. The predicted molar refractivity (Wildman–Crippen MR) is 139 cm³/mol. The Labute approximate surface area is 223 Å². The lowest BCUT2D eigenvalue weighted by molar-refractivity contribution is -0.305. The summed E-state index contributed by atoms with van der Waals surface area (Å²) in [4.78, 5) is 12.4. The lowest BCUT2D eigenvalue weighted by Crippen LogP contribution is -2.62. The Morgan fingerprint density at radius 2 is 1.43 bits per heavy atom. The van der Waals surface area contributed by atoms with Crippen molar-refractivity contribution in [2.24, 2.45) is 0 Å². The van der Waals surface area contributed by atoms with E-state index in [2.05, 4.69) is 12.2 Å². The average molecular weight is 556 g/mol. The molecule has 0 aromatic rings. The van der Waals surface area contributed by atoms with Gasteiger partial charge in [0.2, 0.25) is 5.91 Å². The van der Waals surface area contributed by atoms with Gasteiger partial charge in [0.1, 0.15) is 30.0 Å². The number of aliphatic hydroxyl groups excluding tert-OH is 6. The zero-order valence-electron chi connectivity index (χ0n) is 22.1. The number of hydrogen-bond acceptors (Lipinski definition) is 10. The predicted octanol–water partition coefficient (Wildman–Crippen LogP) is -0.298. The summed E-state index contributed by atoms with van der Waals surface area (Å²) in [5.41, 5.74) is -1.62. The molecular weight excluding hydrogens is 506 g/mol. The van der Waals surface area contributed by atoms with E-state index in [1.165, 1.54) is 44.9 Å². The zero-order valence-corrected chi connectivity index (χ0v) is 22.9. The monoisotopic (exact) mass is 555 g/mol. The molecule has 11 nitrogen and oxygen atoms in total. The lowest BCUT2D eigenvalue weighted by Gasteiger charge is -2.41. The second-order valence-electron chi connectivity index (χ2n) is 9.93. The van der Waals surface area contributed by atoms with E-state index in [1.54, 1.807) is 0 Å².